The maximum Gasteiger partial charge on any atom is 0.306 e. The number of allylic oxidation sites excluding steroid dienone is 10. The fourth-order valence-corrected chi connectivity index (χ4v) is 21.4. The normalized spacial score (nSPS) is 25.1. The maximum absolute atomic E-state index is 13.4. The number of rotatable bonds is 60. The van der Waals surface area contributed by atoms with Gasteiger partial charge < -0.3 is 77.3 Å². The molecule has 4 aromatic carbocycles. The Labute approximate surface area is 880 Å². The smallest absolute Gasteiger partial charge is 0.306 e. The van der Waals surface area contributed by atoms with Gasteiger partial charge in [0.2, 0.25) is 0 Å². The number of carbonyl (C=O) groups excluding carboxylic acids is 7. The molecule has 4 aromatic rings. The van der Waals surface area contributed by atoms with Crippen LogP contribution in [0.25, 0.3) is 0 Å². The van der Waals surface area contributed by atoms with E-state index in [9.17, 15) is 54.0 Å². The number of ether oxygens (including phenoxy) is 12. The molecule has 147 heavy (non-hydrogen) atoms. The van der Waals surface area contributed by atoms with E-state index in [1.54, 1.807) is 6.08 Å². The van der Waals surface area contributed by atoms with E-state index in [1.165, 1.54) is 22.3 Å². The summed E-state index contributed by atoms with van der Waals surface area (Å²) >= 11 is 0. The average Bonchev–Trinajstić information content (AvgIpc) is 1.67. The summed E-state index contributed by atoms with van der Waals surface area (Å²) in [7, 11) is 0. The molecule has 4 aliphatic carbocycles. The summed E-state index contributed by atoms with van der Waals surface area (Å²) < 4.78 is 70.7. The number of esters is 4. The molecule has 8 aliphatic rings. The Bertz CT molecular complexity index is 4390. The molecule has 12 rings (SSSR count). The molecule has 0 aromatic heterocycles. The molecule has 23 nitrogen and oxygen atoms in total. The van der Waals surface area contributed by atoms with Crippen LogP contribution in [0.1, 0.15) is 354 Å². The Hall–Kier alpha value is -8.01. The highest BCUT2D eigenvalue weighted by Gasteiger charge is 2.47. The summed E-state index contributed by atoms with van der Waals surface area (Å²) in [5, 5.41) is 42.3. The highest BCUT2D eigenvalue weighted by Crippen LogP contribution is 2.44. The van der Waals surface area contributed by atoms with Crippen molar-refractivity contribution >= 4 is 41.2 Å². The third kappa shape index (κ3) is 50.4. The second-order valence-electron chi connectivity index (χ2n) is 42.9. The molecular formula is C124H184O23. The van der Waals surface area contributed by atoms with E-state index in [2.05, 4.69) is 121 Å². The van der Waals surface area contributed by atoms with Crippen molar-refractivity contribution in [3.63, 3.8) is 0 Å². The molecule has 0 radical (unpaired) electrons. The van der Waals surface area contributed by atoms with Gasteiger partial charge in [0.1, 0.15) is 11.6 Å². The first kappa shape index (κ1) is 122. The van der Waals surface area contributed by atoms with Crippen LogP contribution in [0, 0.1) is 47.3 Å². The molecule has 0 spiro atoms. The van der Waals surface area contributed by atoms with Crippen molar-refractivity contribution in [2.24, 2.45) is 47.3 Å². The number of aliphatic hydroxyl groups excluding tert-OH is 4. The van der Waals surface area contributed by atoms with Gasteiger partial charge in [-0.25, -0.2) is 0 Å². The first-order valence-electron chi connectivity index (χ1n) is 56.9. The molecule has 0 bridgehead atoms. The van der Waals surface area contributed by atoms with Crippen LogP contribution in [0.2, 0.25) is 0 Å². The number of ketones is 3. The third-order valence-corrected chi connectivity index (χ3v) is 29.4. The van der Waals surface area contributed by atoms with E-state index in [0.29, 0.717) is 83.5 Å². The molecule has 4 aliphatic heterocycles. The molecule has 0 amide bonds. The molecule has 3 saturated carbocycles. The van der Waals surface area contributed by atoms with Crippen molar-refractivity contribution in [1.82, 2.24) is 0 Å². The number of hydrogen-bond acceptors (Lipinski definition) is 23. The summed E-state index contributed by atoms with van der Waals surface area (Å²) in [5.41, 5.74) is 5.09. The van der Waals surface area contributed by atoms with Gasteiger partial charge in [-0.1, -0.05) is 176 Å². The number of hydrogen-bond donors (Lipinski definition) is 4. The summed E-state index contributed by atoms with van der Waals surface area (Å²) in [6, 6.07) is 41.5. The van der Waals surface area contributed by atoms with Crippen LogP contribution in [-0.2, 0) is 116 Å². The third-order valence-electron chi connectivity index (χ3n) is 29.4. The lowest BCUT2D eigenvalue weighted by molar-refractivity contribution is -0.201. The zero-order valence-corrected chi connectivity index (χ0v) is 90.3. The summed E-state index contributed by atoms with van der Waals surface area (Å²) in [4.78, 5) is 84.6. The van der Waals surface area contributed by atoms with Crippen LogP contribution in [-0.4, -0.2) is 186 Å². The predicted octanol–water partition coefficient (Wildman–Crippen LogP) is 24.4. The standard InChI is InChI=1S/C36H56O7.C36H54O7.C26H38O5.C26H36O4/c2*1-27(2)41-34(38)17-9-4-3-8-16-30-31(33(26-32(30)37)43-36-19-11-13-25-40-36)23-22-29(42-35-18-10-12-24-39-35)21-20-28-14-6-5-7-15-28;1-19(2)31-26(30)13-9-4-3-8-12-22-23(25(29)18-24(22)28)17-16-21(27)15-14-20-10-6-5-7-11-20;1-20(2)30-26(29)13-9-4-3-8-12-24-22(16-19-25(24)28)15-18-23(27)17-14-21-10-6-5-7-11-21/h3,5-8,14-15,27,29-33,35-37H,4,9-13,16-26H2,1-2H3;3,5-8,14-15,27,29-31,33,35-36H,4,9-13,16-26H2,1-2H3;3,5-8,10-11,19,21-23,25,27,29H,4,9,12-18H2,1-2H3;3,5-8,10-11,16,19-20,22-24,27H,4,9,12-15,17-18H2,1-2H3/b4*8-3-/t29-,30+,31+,32-,33-,35?,36?;29-,30+,31+,33-,35?,36?;21-,22+,23+,25+;22-,23-,24+/m0000/s1. The number of benzene rings is 4. The number of aliphatic hydroxyl groups is 4. The minimum atomic E-state index is -0.613. The van der Waals surface area contributed by atoms with Crippen molar-refractivity contribution in [3.05, 3.63) is 204 Å². The van der Waals surface area contributed by atoms with Crippen molar-refractivity contribution in [2.75, 3.05) is 26.4 Å². The van der Waals surface area contributed by atoms with Gasteiger partial charge in [-0.15, -0.1) is 0 Å². The van der Waals surface area contributed by atoms with Crippen LogP contribution in [0.15, 0.2) is 182 Å². The topological polar surface area (TPSA) is 311 Å². The minimum absolute atomic E-state index is 0.0199. The van der Waals surface area contributed by atoms with Crippen molar-refractivity contribution < 1.29 is 111 Å². The summed E-state index contributed by atoms with van der Waals surface area (Å²) in [5.74, 6) is 0.268. The Morgan fingerprint density at radius 2 is 0.694 bits per heavy atom. The van der Waals surface area contributed by atoms with E-state index in [0.717, 1.165) is 238 Å². The van der Waals surface area contributed by atoms with Crippen molar-refractivity contribution in [3.8, 4) is 0 Å². The largest absolute Gasteiger partial charge is 0.463 e. The van der Waals surface area contributed by atoms with Gasteiger partial charge in [-0.3, -0.25) is 33.6 Å². The number of Topliss-reactive ketones (excluding diaryl/α,β-unsaturated/α-hetero) is 2. The lowest BCUT2D eigenvalue weighted by Gasteiger charge is -2.32. The minimum Gasteiger partial charge on any atom is -0.463 e. The second kappa shape index (κ2) is 71.7. The highest BCUT2D eigenvalue weighted by molar-refractivity contribution is 5.94. The van der Waals surface area contributed by atoms with E-state index >= 15 is 0 Å². The summed E-state index contributed by atoms with van der Waals surface area (Å²) in [6.07, 6.45) is 55.5. The van der Waals surface area contributed by atoms with Gasteiger partial charge in [-0.2, -0.15) is 0 Å². The van der Waals surface area contributed by atoms with E-state index < -0.39 is 18.3 Å². The Morgan fingerprint density at radius 3 is 1.08 bits per heavy atom. The maximum atomic E-state index is 13.4. The highest BCUT2D eigenvalue weighted by atomic mass is 16.7. The fraction of sp³-hybridized carbons (Fsp3) is 0.669. The Kier molecular flexibility index (Phi) is 59.8. The zero-order chi connectivity index (χ0) is 105. The molecule has 818 valence electrons. The monoisotopic (exact) mass is 2040 g/mol. The Balaban J connectivity index is 0.000000221. The quantitative estimate of drug-likeness (QED) is 0.0138. The zero-order valence-electron chi connectivity index (χ0n) is 90.3. The SMILES string of the molecule is CC(C)OC(=O)CCC/C=C\C[C@@H]1[C@@H](CC[C@H](CCc2ccccc2)OC2CCCCO2)[C@@H](OC2CCCCO2)C[C@@H]1O.CC(C)OC(=O)CCC/C=C\C[C@H]1C(=O)C=C[C@@H]1CC[C@@H](O)CCc1ccccc1.CC(C)OC(=O)CCC/C=C\C[C@H]1C(=O)C[C@@H](O)[C@@H]1CC[C@@H](O)CCc1ccccc1.CC(C)OC(=O)CCC/C=C\C[C@H]1C(=O)C[C@H](OC2CCCCO2)[C@@H]1CC[C@H](CCc1ccccc1)OC1CCCCO1. The van der Waals surface area contributed by atoms with Crippen molar-refractivity contribution in [2.45, 2.75) is 456 Å². The predicted molar refractivity (Wildman–Crippen MR) is 575 cm³/mol. The number of carbonyl (C=O) groups is 7. The Morgan fingerprint density at radius 1 is 0.354 bits per heavy atom. The van der Waals surface area contributed by atoms with Crippen LogP contribution < -0.4 is 0 Å². The van der Waals surface area contributed by atoms with Crippen LogP contribution in [0.3, 0.4) is 0 Å². The molecule has 23 heteroatoms. The molecule has 7 fully saturated rings. The van der Waals surface area contributed by atoms with Crippen LogP contribution in [0.4, 0.5) is 0 Å². The van der Waals surface area contributed by atoms with Crippen molar-refractivity contribution in [1.29, 1.82) is 0 Å². The lowest BCUT2D eigenvalue weighted by atomic mass is 9.85. The average molecular weight is 2040 g/mol. The first-order chi connectivity index (χ1) is 71.3. The number of aryl methyl sites for hydroxylation is 4. The second-order valence-corrected chi connectivity index (χ2v) is 42.9. The fourth-order valence-electron chi connectivity index (χ4n) is 21.4. The molecule has 4 unspecified atom stereocenters. The van der Waals surface area contributed by atoms with E-state index in [4.69, 9.17) is 56.8 Å². The molecule has 20 atom stereocenters. The summed E-state index contributed by atoms with van der Waals surface area (Å²) in [6.45, 7) is 17.9. The van der Waals surface area contributed by atoms with Gasteiger partial charge >= 0.3 is 23.9 Å². The van der Waals surface area contributed by atoms with Gasteiger partial charge in [0.15, 0.2) is 30.9 Å². The number of unbranched alkanes of at least 4 members (excludes halogenated alkanes) is 4. The van der Waals surface area contributed by atoms with Gasteiger partial charge in [-0.05, 0) is 370 Å². The molecule has 4 N–H and O–H groups in total. The lowest BCUT2D eigenvalue weighted by Crippen LogP contribution is -2.33. The molecule has 4 heterocycles. The van der Waals surface area contributed by atoms with Gasteiger partial charge in [0, 0.05) is 89.1 Å². The van der Waals surface area contributed by atoms with Gasteiger partial charge in [0.25, 0.3) is 0 Å². The molecular weight excluding hydrogens is 1860 g/mol. The molecule has 4 saturated heterocycles. The van der Waals surface area contributed by atoms with Crippen LogP contribution in [0.5, 0.6) is 0 Å². The first-order valence-corrected chi connectivity index (χ1v) is 56.9. The van der Waals surface area contributed by atoms with Crippen LogP contribution >= 0.6 is 0 Å². The van der Waals surface area contributed by atoms with E-state index in [-0.39, 0.29) is 175 Å². The van der Waals surface area contributed by atoms with Gasteiger partial charge in [0.05, 0.1) is 73.2 Å². The van der Waals surface area contributed by atoms with E-state index in [1.807, 2.05) is 110 Å².